The van der Waals surface area contributed by atoms with E-state index in [1.54, 1.807) is 6.20 Å². The van der Waals surface area contributed by atoms with Gasteiger partial charge in [0.25, 0.3) is 0 Å². The number of para-hydroxylation sites is 1. The number of nitrogens with one attached hydrogen (secondary N) is 2. The smallest absolute Gasteiger partial charge is 0.209 e. The molecule has 21 heavy (non-hydrogen) atoms. The van der Waals surface area contributed by atoms with Crippen molar-refractivity contribution in [1.82, 2.24) is 20.2 Å². The third-order valence-corrected chi connectivity index (χ3v) is 4.31. The van der Waals surface area contributed by atoms with E-state index >= 15 is 0 Å². The first kappa shape index (κ1) is 13.9. The van der Waals surface area contributed by atoms with Gasteiger partial charge in [0.1, 0.15) is 5.82 Å². The van der Waals surface area contributed by atoms with Gasteiger partial charge in [-0.2, -0.15) is 0 Å². The largest absolute Gasteiger partial charge is 0.360 e. The van der Waals surface area contributed by atoms with Crippen molar-refractivity contribution in [2.75, 3.05) is 0 Å². The minimum Gasteiger partial charge on any atom is -0.360 e. The lowest BCUT2D eigenvalue weighted by Gasteiger charge is -2.06. The van der Waals surface area contributed by atoms with Crippen LogP contribution in [0.5, 0.6) is 0 Å². The SMILES string of the molecule is CCc1nc(SC(C)C(=O)c2c[nH]c3ccccc23)n[nH]1. The Labute approximate surface area is 126 Å². The number of aromatic nitrogens is 4. The summed E-state index contributed by atoms with van der Waals surface area (Å²) >= 11 is 1.38. The van der Waals surface area contributed by atoms with Crippen molar-refractivity contribution in [1.29, 1.82) is 0 Å². The molecule has 0 saturated heterocycles. The van der Waals surface area contributed by atoms with Gasteiger partial charge in [0.05, 0.1) is 5.25 Å². The number of aryl methyl sites for hydroxylation is 1. The third kappa shape index (κ3) is 2.71. The Bertz CT molecular complexity index is 777. The highest BCUT2D eigenvalue weighted by Gasteiger charge is 2.21. The third-order valence-electron chi connectivity index (χ3n) is 3.35. The van der Waals surface area contributed by atoms with E-state index in [2.05, 4.69) is 20.2 Å². The van der Waals surface area contributed by atoms with Crippen LogP contribution >= 0.6 is 11.8 Å². The number of carbonyl (C=O) groups excluding carboxylic acids is 1. The molecular weight excluding hydrogens is 284 g/mol. The zero-order valence-corrected chi connectivity index (χ0v) is 12.7. The van der Waals surface area contributed by atoms with Crippen molar-refractivity contribution in [2.45, 2.75) is 30.7 Å². The number of carbonyl (C=O) groups is 1. The van der Waals surface area contributed by atoms with Gasteiger partial charge < -0.3 is 4.98 Å². The van der Waals surface area contributed by atoms with Crippen LogP contribution in [-0.2, 0) is 6.42 Å². The van der Waals surface area contributed by atoms with E-state index < -0.39 is 0 Å². The molecule has 1 atom stereocenters. The molecule has 2 N–H and O–H groups in total. The van der Waals surface area contributed by atoms with Crippen molar-refractivity contribution >= 4 is 28.4 Å². The minimum absolute atomic E-state index is 0.0836. The highest BCUT2D eigenvalue weighted by atomic mass is 32.2. The fraction of sp³-hybridized carbons (Fsp3) is 0.267. The molecule has 0 amide bonds. The molecule has 3 rings (SSSR count). The standard InChI is InChI=1S/C15H16N4OS/c1-3-13-17-15(19-18-13)21-9(2)14(20)11-8-16-12-7-5-4-6-10(11)12/h4-9,16H,3H2,1-2H3,(H,17,18,19). The molecule has 5 nitrogen and oxygen atoms in total. The van der Waals surface area contributed by atoms with Crippen LogP contribution in [0.1, 0.15) is 30.0 Å². The zero-order chi connectivity index (χ0) is 14.8. The van der Waals surface area contributed by atoms with Crippen LogP contribution in [-0.4, -0.2) is 31.2 Å². The Balaban J connectivity index is 1.81. The molecule has 108 valence electrons. The second-order valence-corrected chi connectivity index (χ2v) is 6.10. The highest BCUT2D eigenvalue weighted by molar-refractivity contribution is 8.00. The van der Waals surface area contributed by atoms with Gasteiger partial charge in [0.2, 0.25) is 5.16 Å². The van der Waals surface area contributed by atoms with Crippen molar-refractivity contribution < 1.29 is 4.79 Å². The molecule has 0 saturated carbocycles. The van der Waals surface area contributed by atoms with Crippen molar-refractivity contribution in [3.63, 3.8) is 0 Å². The normalized spacial score (nSPS) is 12.7. The van der Waals surface area contributed by atoms with Crippen LogP contribution in [0.4, 0.5) is 0 Å². The summed E-state index contributed by atoms with van der Waals surface area (Å²) in [5.74, 6) is 0.921. The number of fused-ring (bicyclic) bond motifs is 1. The van der Waals surface area contributed by atoms with Crippen LogP contribution in [0.15, 0.2) is 35.6 Å². The van der Waals surface area contributed by atoms with E-state index in [0.29, 0.717) is 5.16 Å². The van der Waals surface area contributed by atoms with E-state index in [-0.39, 0.29) is 11.0 Å². The van der Waals surface area contributed by atoms with Gasteiger partial charge >= 0.3 is 0 Å². The molecular formula is C15H16N4OS. The number of aromatic amines is 2. The molecule has 6 heteroatoms. The summed E-state index contributed by atoms with van der Waals surface area (Å²) in [6.07, 6.45) is 2.58. The molecule has 1 unspecified atom stereocenters. The molecule has 1 aromatic carbocycles. The molecule has 2 heterocycles. The molecule has 0 bridgehead atoms. The van der Waals surface area contributed by atoms with Gasteiger partial charge in [-0.3, -0.25) is 9.89 Å². The van der Waals surface area contributed by atoms with E-state index in [9.17, 15) is 4.79 Å². The number of hydrogen-bond donors (Lipinski definition) is 2. The Hall–Kier alpha value is -2.08. The summed E-state index contributed by atoms with van der Waals surface area (Å²) in [5, 5.41) is 8.33. The van der Waals surface area contributed by atoms with Gasteiger partial charge in [-0.25, -0.2) is 4.98 Å². The number of nitrogens with zero attached hydrogens (tertiary/aromatic N) is 2. The molecule has 0 aliphatic heterocycles. The van der Waals surface area contributed by atoms with Crippen molar-refractivity contribution in [2.24, 2.45) is 0 Å². The van der Waals surface area contributed by atoms with Crippen LogP contribution in [0.3, 0.4) is 0 Å². The van der Waals surface area contributed by atoms with E-state index in [1.807, 2.05) is 38.1 Å². The average Bonchev–Trinajstić information content (AvgIpc) is 3.12. The lowest BCUT2D eigenvalue weighted by Crippen LogP contribution is -2.13. The van der Waals surface area contributed by atoms with Crippen molar-refractivity contribution in [3.8, 4) is 0 Å². The Morgan fingerprint density at radius 3 is 2.95 bits per heavy atom. The van der Waals surface area contributed by atoms with Gasteiger partial charge in [0, 0.05) is 29.1 Å². The summed E-state index contributed by atoms with van der Waals surface area (Å²) < 4.78 is 0. The summed E-state index contributed by atoms with van der Waals surface area (Å²) in [6.45, 7) is 3.90. The van der Waals surface area contributed by atoms with E-state index in [0.717, 1.165) is 28.7 Å². The van der Waals surface area contributed by atoms with Crippen LogP contribution in [0.25, 0.3) is 10.9 Å². The van der Waals surface area contributed by atoms with Gasteiger partial charge in [-0.1, -0.05) is 36.9 Å². The Morgan fingerprint density at radius 1 is 1.38 bits per heavy atom. The molecule has 0 fully saturated rings. The highest BCUT2D eigenvalue weighted by Crippen LogP contribution is 2.26. The van der Waals surface area contributed by atoms with E-state index in [4.69, 9.17) is 0 Å². The number of ketones is 1. The maximum atomic E-state index is 12.6. The molecule has 0 spiro atoms. The first-order valence-corrected chi connectivity index (χ1v) is 7.75. The van der Waals surface area contributed by atoms with Gasteiger partial charge in [-0.05, 0) is 13.0 Å². The first-order valence-electron chi connectivity index (χ1n) is 6.87. The summed E-state index contributed by atoms with van der Waals surface area (Å²) in [7, 11) is 0. The monoisotopic (exact) mass is 300 g/mol. The molecule has 2 aromatic heterocycles. The quantitative estimate of drug-likeness (QED) is 0.560. The van der Waals surface area contributed by atoms with Gasteiger partial charge in [0.15, 0.2) is 5.78 Å². The molecule has 0 aliphatic rings. The zero-order valence-electron chi connectivity index (χ0n) is 11.9. The van der Waals surface area contributed by atoms with Crippen LogP contribution < -0.4 is 0 Å². The first-order chi connectivity index (χ1) is 10.2. The fourth-order valence-corrected chi connectivity index (χ4v) is 3.01. The predicted octanol–water partition coefficient (Wildman–Crippen LogP) is 3.21. The van der Waals surface area contributed by atoms with Crippen molar-refractivity contribution in [3.05, 3.63) is 41.9 Å². The lowest BCUT2D eigenvalue weighted by molar-refractivity contribution is 0.0995. The number of rotatable bonds is 5. The summed E-state index contributed by atoms with van der Waals surface area (Å²) in [6, 6.07) is 7.81. The topological polar surface area (TPSA) is 74.4 Å². The maximum Gasteiger partial charge on any atom is 0.209 e. The summed E-state index contributed by atoms with van der Waals surface area (Å²) in [4.78, 5) is 20.1. The lowest BCUT2D eigenvalue weighted by atomic mass is 10.1. The number of H-pyrrole nitrogens is 2. The minimum atomic E-state index is -0.232. The second kappa shape index (κ2) is 5.73. The molecule has 3 aromatic rings. The predicted molar refractivity (Wildman–Crippen MR) is 83.7 cm³/mol. The van der Waals surface area contributed by atoms with Crippen LogP contribution in [0, 0.1) is 0 Å². The number of thioether (sulfide) groups is 1. The number of hydrogen-bond acceptors (Lipinski definition) is 4. The second-order valence-electron chi connectivity index (χ2n) is 4.79. The fourth-order valence-electron chi connectivity index (χ4n) is 2.19. The van der Waals surface area contributed by atoms with Gasteiger partial charge in [-0.15, -0.1) is 5.10 Å². The number of Topliss-reactive ketones (excluding diaryl/α,β-unsaturated/α-hetero) is 1. The number of benzene rings is 1. The molecule has 0 radical (unpaired) electrons. The molecule has 0 aliphatic carbocycles. The van der Waals surface area contributed by atoms with E-state index in [1.165, 1.54) is 11.8 Å². The Kier molecular flexibility index (Phi) is 3.79. The van der Waals surface area contributed by atoms with Crippen LogP contribution in [0.2, 0.25) is 0 Å². The Morgan fingerprint density at radius 2 is 2.19 bits per heavy atom. The average molecular weight is 300 g/mol. The maximum absolute atomic E-state index is 12.6. The summed E-state index contributed by atoms with van der Waals surface area (Å²) in [5.41, 5.74) is 1.70.